The van der Waals surface area contributed by atoms with Crippen LogP contribution in [0.15, 0.2) is 0 Å². The van der Waals surface area contributed by atoms with Crippen molar-refractivity contribution in [3.63, 3.8) is 0 Å². The van der Waals surface area contributed by atoms with Gasteiger partial charge in [0.1, 0.15) is 6.10 Å². The maximum atomic E-state index is 11.9. The zero-order chi connectivity index (χ0) is 12.7. The van der Waals surface area contributed by atoms with Gasteiger partial charge in [-0.2, -0.15) is 0 Å². The van der Waals surface area contributed by atoms with Crippen molar-refractivity contribution in [2.75, 3.05) is 19.7 Å². The van der Waals surface area contributed by atoms with E-state index in [0.717, 1.165) is 32.1 Å². The Morgan fingerprint density at radius 2 is 2.12 bits per heavy atom. The van der Waals surface area contributed by atoms with Crippen molar-refractivity contribution >= 4 is 5.91 Å². The predicted molar refractivity (Wildman–Crippen MR) is 68.7 cm³/mol. The molecule has 1 unspecified atom stereocenters. The summed E-state index contributed by atoms with van der Waals surface area (Å²) in [6, 6.07) is 0. The average molecular weight is 242 g/mol. The fraction of sp³-hybridized carbons (Fsp3) is 0.923. The molecule has 0 bridgehead atoms. The van der Waals surface area contributed by atoms with Crippen molar-refractivity contribution in [3.05, 3.63) is 0 Å². The van der Waals surface area contributed by atoms with Gasteiger partial charge >= 0.3 is 0 Å². The van der Waals surface area contributed by atoms with Crippen LogP contribution in [0.3, 0.4) is 0 Å². The quantitative estimate of drug-likeness (QED) is 0.740. The average Bonchev–Trinajstić information content (AvgIpc) is 2.41. The van der Waals surface area contributed by atoms with Crippen LogP contribution in [0, 0.1) is 5.41 Å². The number of carbonyl (C=O) groups is 1. The van der Waals surface area contributed by atoms with Crippen molar-refractivity contribution in [2.45, 2.75) is 52.1 Å². The summed E-state index contributed by atoms with van der Waals surface area (Å²) in [7, 11) is 0. The highest BCUT2D eigenvalue weighted by Crippen LogP contribution is 2.23. The Hall–Kier alpha value is -0.610. The van der Waals surface area contributed by atoms with E-state index in [9.17, 15) is 4.79 Å². The first-order valence-electron chi connectivity index (χ1n) is 6.77. The van der Waals surface area contributed by atoms with E-state index < -0.39 is 0 Å². The Morgan fingerprint density at radius 1 is 1.41 bits per heavy atom. The zero-order valence-corrected chi connectivity index (χ0v) is 11.1. The molecule has 4 heteroatoms. The molecular weight excluding hydrogens is 216 g/mol. The van der Waals surface area contributed by atoms with Gasteiger partial charge in [-0.05, 0) is 44.1 Å². The maximum Gasteiger partial charge on any atom is 0.249 e. The van der Waals surface area contributed by atoms with Crippen molar-refractivity contribution in [3.8, 4) is 0 Å². The molecule has 4 nitrogen and oxygen atoms in total. The smallest absolute Gasteiger partial charge is 0.249 e. The van der Waals surface area contributed by atoms with Gasteiger partial charge in [0.2, 0.25) is 5.91 Å². The third-order valence-corrected chi connectivity index (χ3v) is 4.04. The van der Waals surface area contributed by atoms with Gasteiger partial charge in [-0.25, -0.2) is 0 Å². The van der Waals surface area contributed by atoms with E-state index in [4.69, 9.17) is 10.5 Å². The van der Waals surface area contributed by atoms with Gasteiger partial charge in [0.25, 0.3) is 0 Å². The van der Waals surface area contributed by atoms with Crippen LogP contribution in [0.25, 0.3) is 0 Å². The molecule has 1 saturated heterocycles. The molecule has 100 valence electrons. The molecule has 1 atom stereocenters. The first-order chi connectivity index (χ1) is 8.17. The number of carbonyl (C=O) groups excluding carboxylic acids is 1. The molecule has 1 heterocycles. The summed E-state index contributed by atoms with van der Waals surface area (Å²) >= 11 is 0. The van der Waals surface area contributed by atoms with E-state index in [2.05, 4.69) is 19.2 Å². The highest BCUT2D eigenvalue weighted by molar-refractivity contribution is 5.80. The van der Waals surface area contributed by atoms with Crippen LogP contribution in [0.1, 0.15) is 46.0 Å². The minimum Gasteiger partial charge on any atom is -0.368 e. The van der Waals surface area contributed by atoms with Gasteiger partial charge in [-0.3, -0.25) is 4.79 Å². The van der Waals surface area contributed by atoms with E-state index >= 15 is 0 Å². The Morgan fingerprint density at radius 3 is 2.59 bits per heavy atom. The van der Waals surface area contributed by atoms with Crippen molar-refractivity contribution in [1.82, 2.24) is 5.32 Å². The largest absolute Gasteiger partial charge is 0.368 e. The molecular formula is C13H26N2O2. The fourth-order valence-corrected chi connectivity index (χ4v) is 2.20. The van der Waals surface area contributed by atoms with Crippen LogP contribution >= 0.6 is 0 Å². The summed E-state index contributed by atoms with van der Waals surface area (Å²) in [5.74, 6) is 0.0319. The second-order valence-corrected chi connectivity index (χ2v) is 4.98. The number of rotatable bonds is 6. The highest BCUT2D eigenvalue weighted by Gasteiger charge is 2.27. The monoisotopic (exact) mass is 242 g/mol. The summed E-state index contributed by atoms with van der Waals surface area (Å²) < 4.78 is 5.46. The molecule has 0 saturated carbocycles. The van der Waals surface area contributed by atoms with Crippen LogP contribution in [0.4, 0.5) is 0 Å². The van der Waals surface area contributed by atoms with Crippen LogP contribution in [0.5, 0.6) is 0 Å². The minimum absolute atomic E-state index is 0.0319. The topological polar surface area (TPSA) is 64.3 Å². The first-order valence-corrected chi connectivity index (χ1v) is 6.77. The third kappa shape index (κ3) is 3.96. The first kappa shape index (κ1) is 14.5. The number of nitrogens with one attached hydrogen (secondary N) is 1. The number of amides is 1. The molecule has 1 aliphatic rings. The van der Waals surface area contributed by atoms with Crippen molar-refractivity contribution in [1.29, 1.82) is 0 Å². The van der Waals surface area contributed by atoms with Gasteiger partial charge in [-0.1, -0.05) is 13.8 Å². The maximum absolute atomic E-state index is 11.9. The van der Waals surface area contributed by atoms with Gasteiger partial charge in [0.15, 0.2) is 0 Å². The Balaban J connectivity index is 2.40. The van der Waals surface area contributed by atoms with E-state index in [-0.39, 0.29) is 17.4 Å². The molecule has 17 heavy (non-hydrogen) atoms. The van der Waals surface area contributed by atoms with E-state index in [1.165, 1.54) is 0 Å². The van der Waals surface area contributed by atoms with E-state index in [1.807, 2.05) is 0 Å². The van der Waals surface area contributed by atoms with Gasteiger partial charge in [-0.15, -0.1) is 0 Å². The van der Waals surface area contributed by atoms with E-state index in [0.29, 0.717) is 19.7 Å². The Labute approximate surface area is 104 Å². The van der Waals surface area contributed by atoms with Gasteiger partial charge in [0.05, 0.1) is 0 Å². The number of hydrogen-bond donors (Lipinski definition) is 2. The molecule has 1 fully saturated rings. The molecule has 1 aliphatic heterocycles. The molecule has 0 radical (unpaired) electrons. The SMILES string of the molecule is CCC(CC)(CN)CNC(=O)C1CCCCO1. The molecule has 1 rings (SSSR count). The summed E-state index contributed by atoms with van der Waals surface area (Å²) in [6.45, 7) is 6.24. The molecule has 0 aromatic carbocycles. The van der Waals surface area contributed by atoms with Gasteiger partial charge in [0, 0.05) is 13.2 Å². The van der Waals surface area contributed by atoms with Crippen LogP contribution < -0.4 is 11.1 Å². The second-order valence-electron chi connectivity index (χ2n) is 4.98. The standard InChI is InChI=1S/C13H26N2O2/c1-3-13(4-2,9-14)10-15-12(16)11-7-5-6-8-17-11/h11H,3-10,14H2,1-2H3,(H,15,16). The molecule has 3 N–H and O–H groups in total. The zero-order valence-electron chi connectivity index (χ0n) is 11.1. The molecule has 0 aromatic heterocycles. The van der Waals surface area contributed by atoms with E-state index in [1.54, 1.807) is 0 Å². The summed E-state index contributed by atoms with van der Waals surface area (Å²) in [5, 5.41) is 3.00. The Kier molecular flexibility index (Phi) is 5.92. The molecule has 0 aromatic rings. The minimum atomic E-state index is -0.243. The number of hydrogen-bond acceptors (Lipinski definition) is 3. The van der Waals surface area contributed by atoms with Crippen LogP contribution in [-0.4, -0.2) is 31.7 Å². The lowest BCUT2D eigenvalue weighted by atomic mass is 9.82. The summed E-state index contributed by atoms with van der Waals surface area (Å²) in [6.07, 6.45) is 4.74. The van der Waals surface area contributed by atoms with Crippen LogP contribution in [0.2, 0.25) is 0 Å². The van der Waals surface area contributed by atoms with Crippen LogP contribution in [-0.2, 0) is 9.53 Å². The lowest BCUT2D eigenvalue weighted by molar-refractivity contribution is -0.136. The van der Waals surface area contributed by atoms with Crippen molar-refractivity contribution in [2.24, 2.45) is 11.1 Å². The predicted octanol–water partition coefficient (Wildman–Crippen LogP) is 1.44. The molecule has 0 spiro atoms. The number of nitrogens with two attached hydrogens (primary N) is 1. The molecule has 1 amide bonds. The lowest BCUT2D eigenvalue weighted by Crippen LogP contribution is -2.46. The lowest BCUT2D eigenvalue weighted by Gasteiger charge is -2.31. The van der Waals surface area contributed by atoms with Gasteiger partial charge < -0.3 is 15.8 Å². The third-order valence-electron chi connectivity index (χ3n) is 4.04. The van der Waals surface area contributed by atoms with Crippen molar-refractivity contribution < 1.29 is 9.53 Å². The molecule has 0 aliphatic carbocycles. The Bertz CT molecular complexity index is 225. The highest BCUT2D eigenvalue weighted by atomic mass is 16.5. The normalized spacial score (nSPS) is 21.2. The second kappa shape index (κ2) is 6.97. The summed E-state index contributed by atoms with van der Waals surface area (Å²) in [4.78, 5) is 11.9. The fourth-order valence-electron chi connectivity index (χ4n) is 2.20. The number of ether oxygens (including phenoxy) is 1. The summed E-state index contributed by atoms with van der Waals surface area (Å²) in [5.41, 5.74) is 5.86.